The van der Waals surface area contributed by atoms with Gasteiger partial charge in [0.05, 0.1) is 5.02 Å². The highest BCUT2D eigenvalue weighted by Crippen LogP contribution is 2.25. The molecule has 2 amide bonds. The van der Waals surface area contributed by atoms with E-state index in [9.17, 15) is 18.0 Å². The van der Waals surface area contributed by atoms with Gasteiger partial charge in [0.1, 0.15) is 10.9 Å². The van der Waals surface area contributed by atoms with Gasteiger partial charge >= 0.3 is 0 Å². The summed E-state index contributed by atoms with van der Waals surface area (Å²) in [5.41, 5.74) is 0. The third-order valence-electron chi connectivity index (χ3n) is 4.78. The number of hydrogen-bond donors (Lipinski definition) is 3. The average molecular weight is 496 g/mol. The summed E-state index contributed by atoms with van der Waals surface area (Å²) in [4.78, 5) is 24.4. The zero-order chi connectivity index (χ0) is 22.1. The number of sulfonamides is 1. The van der Waals surface area contributed by atoms with Crippen molar-refractivity contribution in [2.45, 2.75) is 55.5 Å². The van der Waals surface area contributed by atoms with Crippen LogP contribution in [0.15, 0.2) is 23.1 Å². The highest BCUT2D eigenvalue weighted by Gasteiger charge is 2.27. The number of amides is 2. The maximum absolute atomic E-state index is 12.8. The first kappa shape index (κ1) is 25.3. The van der Waals surface area contributed by atoms with Gasteiger partial charge < -0.3 is 10.6 Å². The standard InChI is InChI=1S/C19H27Cl2N3O4S2/c1-29-11-9-16(24-30(27,28)17-12-13(20)6-7-15(17)21)19(26)22-10-8-18(25)23-14-4-2-3-5-14/h6-7,12,14,16,24H,2-5,8-11H2,1H3,(H,22,26)(H,23,25). The van der Waals surface area contributed by atoms with Gasteiger partial charge in [0, 0.05) is 24.0 Å². The Bertz CT molecular complexity index is 846. The lowest BCUT2D eigenvalue weighted by Crippen LogP contribution is -2.47. The molecule has 7 nitrogen and oxygen atoms in total. The van der Waals surface area contributed by atoms with Crippen molar-refractivity contribution >= 4 is 56.8 Å². The quantitative estimate of drug-likeness (QED) is 0.437. The molecule has 0 heterocycles. The minimum atomic E-state index is -4.06. The third-order valence-corrected chi connectivity index (χ3v) is 7.61. The molecule has 11 heteroatoms. The summed E-state index contributed by atoms with van der Waals surface area (Å²) < 4.78 is 27.9. The van der Waals surface area contributed by atoms with E-state index >= 15 is 0 Å². The van der Waals surface area contributed by atoms with E-state index in [2.05, 4.69) is 15.4 Å². The van der Waals surface area contributed by atoms with E-state index in [1.165, 1.54) is 30.0 Å². The summed E-state index contributed by atoms with van der Waals surface area (Å²) in [5.74, 6) is -0.0277. The molecule has 168 valence electrons. The van der Waals surface area contributed by atoms with Gasteiger partial charge in [-0.25, -0.2) is 8.42 Å². The number of benzene rings is 1. The Hall–Kier alpha value is -1.00. The maximum Gasteiger partial charge on any atom is 0.242 e. The summed E-state index contributed by atoms with van der Waals surface area (Å²) in [6.07, 6.45) is 6.52. The van der Waals surface area contributed by atoms with Gasteiger partial charge in [-0.15, -0.1) is 0 Å². The van der Waals surface area contributed by atoms with Gasteiger partial charge in [-0.05, 0) is 49.5 Å². The summed E-state index contributed by atoms with van der Waals surface area (Å²) in [6, 6.07) is 3.34. The number of hydrogen-bond acceptors (Lipinski definition) is 5. The Morgan fingerprint density at radius 3 is 2.60 bits per heavy atom. The van der Waals surface area contributed by atoms with Crippen LogP contribution in [0.5, 0.6) is 0 Å². The molecule has 1 unspecified atom stereocenters. The first-order valence-corrected chi connectivity index (χ1v) is 13.4. The molecular weight excluding hydrogens is 469 g/mol. The lowest BCUT2D eigenvalue weighted by Gasteiger charge is -2.19. The Balaban J connectivity index is 1.95. The Morgan fingerprint density at radius 2 is 1.93 bits per heavy atom. The van der Waals surface area contributed by atoms with Gasteiger partial charge in [-0.1, -0.05) is 36.0 Å². The number of carbonyl (C=O) groups excluding carboxylic acids is 2. The molecule has 3 N–H and O–H groups in total. The number of carbonyl (C=O) groups is 2. The largest absolute Gasteiger partial charge is 0.354 e. The second kappa shape index (κ2) is 12.1. The molecule has 1 atom stereocenters. The summed E-state index contributed by atoms with van der Waals surface area (Å²) in [6.45, 7) is 0.132. The van der Waals surface area contributed by atoms with Gasteiger partial charge in [-0.2, -0.15) is 16.5 Å². The number of rotatable bonds is 11. The first-order chi connectivity index (χ1) is 14.2. The summed E-state index contributed by atoms with van der Waals surface area (Å²) in [7, 11) is -4.06. The van der Waals surface area contributed by atoms with E-state index in [0.29, 0.717) is 12.2 Å². The molecule has 30 heavy (non-hydrogen) atoms. The molecule has 0 bridgehead atoms. The molecule has 1 aliphatic rings. The lowest BCUT2D eigenvalue weighted by molar-refractivity contribution is -0.123. The van der Waals surface area contributed by atoms with Gasteiger partial charge in [0.15, 0.2) is 0 Å². The van der Waals surface area contributed by atoms with E-state index < -0.39 is 22.0 Å². The molecule has 1 fully saturated rings. The second-order valence-electron chi connectivity index (χ2n) is 7.12. The van der Waals surface area contributed by atoms with E-state index in [1.807, 2.05) is 6.26 Å². The minimum absolute atomic E-state index is 0.0134. The van der Waals surface area contributed by atoms with Crippen LogP contribution in [-0.4, -0.2) is 50.9 Å². The van der Waals surface area contributed by atoms with Crippen molar-refractivity contribution in [1.29, 1.82) is 0 Å². The van der Waals surface area contributed by atoms with Crippen molar-refractivity contribution < 1.29 is 18.0 Å². The SMILES string of the molecule is CSCCC(NS(=O)(=O)c1cc(Cl)ccc1Cl)C(=O)NCCC(=O)NC1CCCC1. The van der Waals surface area contributed by atoms with Gasteiger partial charge in [0.2, 0.25) is 21.8 Å². The molecule has 0 spiro atoms. The van der Waals surface area contributed by atoms with E-state index in [1.54, 1.807) is 0 Å². The molecule has 0 aliphatic heterocycles. The van der Waals surface area contributed by atoms with Crippen LogP contribution >= 0.6 is 35.0 Å². The average Bonchev–Trinajstić information content (AvgIpc) is 3.19. The molecule has 2 rings (SSSR count). The van der Waals surface area contributed by atoms with Crippen LogP contribution < -0.4 is 15.4 Å². The highest BCUT2D eigenvalue weighted by atomic mass is 35.5. The number of halogens is 2. The second-order valence-corrected chi connectivity index (χ2v) is 10.6. The predicted octanol–water partition coefficient (Wildman–Crippen LogP) is 2.96. The van der Waals surface area contributed by atoms with Crippen LogP contribution in [0.25, 0.3) is 0 Å². The topological polar surface area (TPSA) is 104 Å². The van der Waals surface area contributed by atoms with Crippen molar-refractivity contribution in [3.05, 3.63) is 28.2 Å². The maximum atomic E-state index is 12.8. The predicted molar refractivity (Wildman–Crippen MR) is 122 cm³/mol. The molecule has 0 radical (unpaired) electrons. The zero-order valence-electron chi connectivity index (χ0n) is 16.7. The fourth-order valence-corrected chi connectivity index (χ4v) is 5.67. The molecule has 0 aromatic heterocycles. The van der Waals surface area contributed by atoms with Crippen LogP contribution in [0.4, 0.5) is 0 Å². The molecule has 1 saturated carbocycles. The monoisotopic (exact) mass is 495 g/mol. The van der Waals surface area contributed by atoms with Crippen LogP contribution in [0.3, 0.4) is 0 Å². The van der Waals surface area contributed by atoms with Crippen molar-refractivity contribution in [2.24, 2.45) is 0 Å². The summed E-state index contributed by atoms with van der Waals surface area (Å²) in [5, 5.41) is 5.84. The normalized spacial score (nSPS) is 15.7. The fourth-order valence-electron chi connectivity index (χ4n) is 3.21. The summed E-state index contributed by atoms with van der Waals surface area (Å²) >= 11 is 13.4. The smallest absolute Gasteiger partial charge is 0.242 e. The highest BCUT2D eigenvalue weighted by molar-refractivity contribution is 7.98. The Labute approximate surface area is 192 Å². The number of thioether (sulfide) groups is 1. The molecular formula is C19H27Cl2N3O4S2. The molecule has 1 aromatic rings. The zero-order valence-corrected chi connectivity index (χ0v) is 19.9. The van der Waals surface area contributed by atoms with Crippen LogP contribution in [-0.2, 0) is 19.6 Å². The first-order valence-electron chi connectivity index (χ1n) is 9.76. The van der Waals surface area contributed by atoms with Crippen molar-refractivity contribution in [3.63, 3.8) is 0 Å². The van der Waals surface area contributed by atoms with Gasteiger partial charge in [-0.3, -0.25) is 9.59 Å². The number of nitrogens with one attached hydrogen (secondary N) is 3. The van der Waals surface area contributed by atoms with Gasteiger partial charge in [0.25, 0.3) is 0 Å². The van der Waals surface area contributed by atoms with Crippen molar-refractivity contribution in [1.82, 2.24) is 15.4 Å². The lowest BCUT2D eigenvalue weighted by atomic mass is 10.2. The van der Waals surface area contributed by atoms with Crippen molar-refractivity contribution in [2.75, 3.05) is 18.6 Å². The van der Waals surface area contributed by atoms with Crippen LogP contribution in [0.2, 0.25) is 10.0 Å². The molecule has 1 aliphatic carbocycles. The Kier molecular flexibility index (Phi) is 10.2. The minimum Gasteiger partial charge on any atom is -0.354 e. The molecule has 1 aromatic carbocycles. The van der Waals surface area contributed by atoms with E-state index in [-0.39, 0.29) is 39.9 Å². The molecule has 0 saturated heterocycles. The third kappa shape index (κ3) is 7.92. The van der Waals surface area contributed by atoms with Crippen molar-refractivity contribution in [3.8, 4) is 0 Å². The van der Waals surface area contributed by atoms with E-state index in [4.69, 9.17) is 23.2 Å². The Morgan fingerprint density at radius 1 is 1.23 bits per heavy atom. The fraction of sp³-hybridized carbons (Fsp3) is 0.579. The van der Waals surface area contributed by atoms with Crippen LogP contribution in [0.1, 0.15) is 38.5 Å². The van der Waals surface area contributed by atoms with Crippen LogP contribution in [0, 0.1) is 0 Å². The van der Waals surface area contributed by atoms with E-state index in [0.717, 1.165) is 25.7 Å².